The summed E-state index contributed by atoms with van der Waals surface area (Å²) in [6.45, 7) is 10.3. The van der Waals surface area contributed by atoms with Gasteiger partial charge in [-0.05, 0) is 39.5 Å². The van der Waals surface area contributed by atoms with Gasteiger partial charge >= 0.3 is 6.09 Å². The number of likely N-dealkylation sites (tertiary alicyclic amines) is 1. The zero-order valence-corrected chi connectivity index (χ0v) is 11.6. The van der Waals surface area contributed by atoms with Crippen molar-refractivity contribution < 1.29 is 14.6 Å². The Balaban J connectivity index is 2.70. The maximum Gasteiger partial charge on any atom is 0.410 e. The van der Waals surface area contributed by atoms with Crippen LogP contribution in [0.15, 0.2) is 0 Å². The number of aliphatic hydroxyl groups excluding tert-OH is 1. The van der Waals surface area contributed by atoms with Crippen LogP contribution in [0.2, 0.25) is 0 Å². The van der Waals surface area contributed by atoms with Crippen LogP contribution in [0.4, 0.5) is 4.79 Å². The Bertz CT molecular complexity index is 270. The second-order valence-electron chi connectivity index (χ2n) is 6.16. The number of aliphatic hydroxyl groups is 1. The van der Waals surface area contributed by atoms with Crippen molar-refractivity contribution in [2.75, 3.05) is 6.54 Å². The minimum absolute atomic E-state index is 0.0774. The van der Waals surface area contributed by atoms with Crippen molar-refractivity contribution in [2.45, 2.75) is 65.2 Å². The molecule has 4 nitrogen and oxygen atoms in total. The first-order valence-corrected chi connectivity index (χ1v) is 6.38. The van der Waals surface area contributed by atoms with Gasteiger partial charge in [0.25, 0.3) is 0 Å². The van der Waals surface area contributed by atoms with Crippen LogP contribution in [0.5, 0.6) is 0 Å². The van der Waals surface area contributed by atoms with Gasteiger partial charge in [-0.2, -0.15) is 0 Å². The Labute approximate surface area is 104 Å². The topological polar surface area (TPSA) is 49.8 Å². The molecule has 0 aromatic heterocycles. The van der Waals surface area contributed by atoms with Crippen LogP contribution < -0.4 is 0 Å². The molecule has 0 spiro atoms. The molecule has 2 atom stereocenters. The van der Waals surface area contributed by atoms with Crippen molar-refractivity contribution in [3.05, 3.63) is 0 Å². The van der Waals surface area contributed by atoms with E-state index in [4.69, 9.17) is 4.74 Å². The summed E-state index contributed by atoms with van der Waals surface area (Å²) < 4.78 is 5.40. The molecule has 0 aromatic carbocycles. The second-order valence-corrected chi connectivity index (χ2v) is 6.16. The maximum absolute atomic E-state index is 12.1. The Morgan fingerprint density at radius 2 is 2.00 bits per heavy atom. The Morgan fingerprint density at radius 3 is 2.47 bits per heavy atom. The van der Waals surface area contributed by atoms with Gasteiger partial charge in [0.1, 0.15) is 5.60 Å². The van der Waals surface area contributed by atoms with E-state index in [0.717, 1.165) is 0 Å². The summed E-state index contributed by atoms with van der Waals surface area (Å²) in [5, 5.41) is 9.68. The van der Waals surface area contributed by atoms with Crippen LogP contribution in [0.25, 0.3) is 0 Å². The quantitative estimate of drug-likeness (QED) is 0.769. The van der Waals surface area contributed by atoms with Gasteiger partial charge in [-0.15, -0.1) is 0 Å². The fourth-order valence-electron chi connectivity index (χ4n) is 2.16. The molecule has 0 bridgehead atoms. The lowest BCUT2D eigenvalue weighted by atomic mass is 9.91. The minimum atomic E-state index is -0.464. The zero-order chi connectivity index (χ0) is 13.2. The maximum atomic E-state index is 12.1. The third kappa shape index (κ3) is 4.19. The van der Waals surface area contributed by atoms with E-state index in [2.05, 4.69) is 13.8 Å². The van der Waals surface area contributed by atoms with Gasteiger partial charge in [-0.25, -0.2) is 4.79 Å². The molecule has 100 valence electrons. The van der Waals surface area contributed by atoms with E-state index in [1.165, 1.54) is 0 Å². The van der Waals surface area contributed by atoms with E-state index in [0.29, 0.717) is 25.3 Å². The molecule has 1 N–H and O–H groups in total. The van der Waals surface area contributed by atoms with Gasteiger partial charge in [0.05, 0.1) is 6.10 Å². The van der Waals surface area contributed by atoms with Crippen molar-refractivity contribution in [1.82, 2.24) is 4.90 Å². The molecule has 4 heteroatoms. The van der Waals surface area contributed by atoms with Crippen molar-refractivity contribution in [2.24, 2.45) is 5.92 Å². The summed E-state index contributed by atoms with van der Waals surface area (Å²) in [6.07, 6.45) is 0.739. The molecule has 17 heavy (non-hydrogen) atoms. The first kappa shape index (κ1) is 14.3. The Morgan fingerprint density at radius 1 is 1.41 bits per heavy atom. The number of ether oxygens (including phenoxy) is 1. The van der Waals surface area contributed by atoms with E-state index >= 15 is 0 Å². The molecule has 0 unspecified atom stereocenters. The third-order valence-corrected chi connectivity index (χ3v) is 3.01. The summed E-state index contributed by atoms with van der Waals surface area (Å²) >= 11 is 0. The molecule has 1 aliphatic rings. The normalized spacial score (nSPS) is 26.2. The molecule has 1 aliphatic heterocycles. The van der Waals surface area contributed by atoms with Gasteiger partial charge in [0.15, 0.2) is 0 Å². The van der Waals surface area contributed by atoms with Crippen molar-refractivity contribution in [3.63, 3.8) is 0 Å². The number of carbonyl (C=O) groups excluding carboxylic acids is 1. The predicted octanol–water partition coefficient (Wildman–Crippen LogP) is 2.40. The highest BCUT2D eigenvalue weighted by atomic mass is 16.6. The van der Waals surface area contributed by atoms with Crippen LogP contribution >= 0.6 is 0 Å². The largest absolute Gasteiger partial charge is 0.444 e. The molecule has 1 saturated heterocycles. The molecular weight excluding hydrogens is 218 g/mol. The lowest BCUT2D eigenvalue weighted by molar-refractivity contribution is -0.0164. The van der Waals surface area contributed by atoms with Gasteiger partial charge in [0.2, 0.25) is 0 Å². The smallest absolute Gasteiger partial charge is 0.410 e. The number of piperidine rings is 1. The number of carbonyl (C=O) groups is 1. The lowest BCUT2D eigenvalue weighted by Gasteiger charge is -2.40. The van der Waals surface area contributed by atoms with Crippen LogP contribution in [-0.4, -0.2) is 40.4 Å². The first-order chi connectivity index (χ1) is 7.70. The van der Waals surface area contributed by atoms with Gasteiger partial charge in [0, 0.05) is 12.6 Å². The van der Waals surface area contributed by atoms with Crippen LogP contribution in [0.3, 0.4) is 0 Å². The Hall–Kier alpha value is -0.770. The summed E-state index contributed by atoms with van der Waals surface area (Å²) in [5.41, 5.74) is -0.464. The number of amides is 1. The SMILES string of the molecule is CC(C)[C@H]1C[C@H](O)CCN1C(=O)OC(C)(C)C. The van der Waals surface area contributed by atoms with Crippen LogP contribution in [-0.2, 0) is 4.74 Å². The molecule has 0 radical (unpaired) electrons. The molecular formula is C13H25NO3. The van der Waals surface area contributed by atoms with E-state index in [-0.39, 0.29) is 18.2 Å². The highest BCUT2D eigenvalue weighted by Gasteiger charge is 2.34. The number of nitrogens with zero attached hydrogens (tertiary/aromatic N) is 1. The van der Waals surface area contributed by atoms with Gasteiger partial charge in [-0.3, -0.25) is 0 Å². The van der Waals surface area contributed by atoms with Gasteiger partial charge in [-0.1, -0.05) is 13.8 Å². The van der Waals surface area contributed by atoms with E-state index in [9.17, 15) is 9.90 Å². The minimum Gasteiger partial charge on any atom is -0.444 e. The van der Waals surface area contributed by atoms with E-state index in [1.54, 1.807) is 4.90 Å². The zero-order valence-electron chi connectivity index (χ0n) is 11.6. The molecule has 1 heterocycles. The molecule has 0 aliphatic carbocycles. The molecule has 0 aromatic rings. The number of rotatable bonds is 1. The van der Waals surface area contributed by atoms with Crippen LogP contribution in [0, 0.1) is 5.92 Å². The predicted molar refractivity (Wildman–Crippen MR) is 66.8 cm³/mol. The Kier molecular flexibility index (Phi) is 4.42. The summed E-state index contributed by atoms with van der Waals surface area (Å²) in [6, 6.07) is 0.0774. The lowest BCUT2D eigenvalue weighted by Crippen LogP contribution is -2.51. The second kappa shape index (κ2) is 5.25. The number of hydrogen-bond acceptors (Lipinski definition) is 3. The van der Waals surface area contributed by atoms with Crippen molar-refractivity contribution in [3.8, 4) is 0 Å². The summed E-state index contributed by atoms with van der Waals surface area (Å²) in [7, 11) is 0. The van der Waals surface area contributed by atoms with Crippen molar-refractivity contribution in [1.29, 1.82) is 0 Å². The summed E-state index contributed by atoms with van der Waals surface area (Å²) in [4.78, 5) is 13.8. The fourth-order valence-corrected chi connectivity index (χ4v) is 2.16. The highest BCUT2D eigenvalue weighted by molar-refractivity contribution is 5.68. The van der Waals surface area contributed by atoms with E-state index in [1.807, 2.05) is 20.8 Å². The molecule has 1 rings (SSSR count). The number of hydrogen-bond donors (Lipinski definition) is 1. The molecule has 0 saturated carbocycles. The molecule has 1 fully saturated rings. The molecule has 1 amide bonds. The van der Waals surface area contributed by atoms with E-state index < -0.39 is 5.60 Å². The van der Waals surface area contributed by atoms with Crippen LogP contribution in [0.1, 0.15) is 47.5 Å². The first-order valence-electron chi connectivity index (χ1n) is 6.38. The third-order valence-electron chi connectivity index (χ3n) is 3.01. The fraction of sp³-hybridized carbons (Fsp3) is 0.923. The highest BCUT2D eigenvalue weighted by Crippen LogP contribution is 2.25. The summed E-state index contributed by atoms with van der Waals surface area (Å²) in [5.74, 6) is 0.331. The average Bonchev–Trinajstić information content (AvgIpc) is 2.14. The van der Waals surface area contributed by atoms with Gasteiger partial charge < -0.3 is 14.7 Å². The monoisotopic (exact) mass is 243 g/mol. The standard InChI is InChI=1S/C13H25NO3/c1-9(2)11-8-10(15)6-7-14(11)12(16)17-13(3,4)5/h9-11,15H,6-8H2,1-5H3/t10-,11-/m1/s1. The average molecular weight is 243 g/mol. The van der Waals surface area contributed by atoms with Crippen molar-refractivity contribution >= 4 is 6.09 Å².